The Bertz CT molecular complexity index is 444. The number of rotatable bonds is 7. The molecule has 0 aromatic heterocycles. The van der Waals surface area contributed by atoms with Crippen molar-refractivity contribution in [2.24, 2.45) is 17.8 Å². The van der Waals surface area contributed by atoms with E-state index in [4.69, 9.17) is 18.6 Å². The molecule has 0 aliphatic rings. The summed E-state index contributed by atoms with van der Waals surface area (Å²) in [6, 6.07) is 0. The second-order valence-corrected chi connectivity index (χ2v) is 6.55. The van der Waals surface area contributed by atoms with Gasteiger partial charge in [-0.05, 0) is 41.5 Å². The summed E-state index contributed by atoms with van der Waals surface area (Å²) in [6.07, 6.45) is 0.384. The van der Waals surface area contributed by atoms with E-state index in [0.29, 0.717) is 6.10 Å². The minimum atomic E-state index is -1.06. The summed E-state index contributed by atoms with van der Waals surface area (Å²) in [5.41, 5.74) is 0. The van der Waals surface area contributed by atoms with Gasteiger partial charge in [-0.25, -0.2) is 0 Å². The molecule has 0 heterocycles. The topological polar surface area (TPSA) is 172 Å². The van der Waals surface area contributed by atoms with Crippen LogP contribution in [0.5, 0.6) is 0 Å². The molecule has 0 radical (unpaired) electrons. The van der Waals surface area contributed by atoms with Crippen LogP contribution in [0.2, 0.25) is 0 Å². The fraction of sp³-hybridized carbons (Fsp3) is 0.667. The Balaban J connectivity index is -0.000000146. The first-order valence-electron chi connectivity index (χ1n) is 8.45. The van der Waals surface area contributed by atoms with Crippen molar-refractivity contribution >= 4 is 35.3 Å². The van der Waals surface area contributed by atoms with E-state index in [0.717, 1.165) is 0 Å². The minimum absolute atomic E-state index is 0.308. The third-order valence-corrected chi connectivity index (χ3v) is 3.91. The molecule has 0 saturated carbocycles. The van der Waals surface area contributed by atoms with E-state index in [1.807, 2.05) is 13.8 Å². The van der Waals surface area contributed by atoms with E-state index in [1.54, 1.807) is 20.8 Å². The van der Waals surface area contributed by atoms with Crippen molar-refractivity contribution in [3.63, 3.8) is 0 Å². The molecule has 0 amide bonds. The number of carboxylic acids is 3. The van der Waals surface area contributed by atoms with Crippen molar-refractivity contribution in [1.29, 1.82) is 0 Å². The zero-order chi connectivity index (χ0) is 24.5. The van der Waals surface area contributed by atoms with Gasteiger partial charge in [0.1, 0.15) is 35.1 Å². The van der Waals surface area contributed by atoms with Gasteiger partial charge in [-0.2, -0.15) is 0 Å². The molecule has 0 saturated heterocycles. The van der Waals surface area contributed by atoms with Gasteiger partial charge < -0.3 is 15.3 Å². The van der Waals surface area contributed by atoms with Crippen molar-refractivity contribution in [2.75, 3.05) is 0 Å². The maximum atomic E-state index is 10.2. The number of carboxylic acid groups (broad SMARTS) is 3. The van der Waals surface area contributed by atoms with E-state index in [2.05, 4.69) is 0 Å². The molecule has 29 heavy (non-hydrogen) atoms. The number of carbonyl (C=O) groups excluding carboxylic acids is 3. The van der Waals surface area contributed by atoms with Crippen molar-refractivity contribution in [3.05, 3.63) is 0 Å². The van der Waals surface area contributed by atoms with E-state index >= 15 is 0 Å². The maximum absolute atomic E-state index is 10.2. The molecule has 3 atom stereocenters. The Morgan fingerprint density at radius 3 is 0.724 bits per heavy atom. The van der Waals surface area contributed by atoms with Gasteiger partial charge in [-0.1, -0.05) is 0 Å². The van der Waals surface area contributed by atoms with Crippen LogP contribution in [-0.2, 0) is 52.9 Å². The van der Waals surface area contributed by atoms with E-state index in [9.17, 15) is 28.8 Å². The van der Waals surface area contributed by atoms with E-state index in [-0.39, 0.29) is 17.3 Å². The Labute approximate surface area is 182 Å². The quantitative estimate of drug-likeness (QED) is 0.379. The van der Waals surface area contributed by atoms with E-state index < -0.39 is 35.7 Å². The fourth-order valence-corrected chi connectivity index (χ4v) is 0.522. The number of aliphatic carboxylic acids is 3. The standard InChI is InChI=1S/3C5H8O3.C3H7O.Ti/c3*1-3(4(2)6)5(7)8;1-3(2)4;/h3*3H,1-2H3,(H,7,8);3H,1-2H3;/q;;;-1;+1. The third kappa shape index (κ3) is 26.1. The number of ketones is 3. The molecule has 0 spiro atoms. The molecule has 0 fully saturated rings. The summed E-state index contributed by atoms with van der Waals surface area (Å²) >= 11 is 1.70. The third-order valence-electron chi connectivity index (χ3n) is 3.18. The van der Waals surface area contributed by atoms with Gasteiger partial charge in [-0.15, -0.1) is 0 Å². The molecule has 3 unspecified atom stereocenters. The molecule has 11 heteroatoms. The van der Waals surface area contributed by atoms with Gasteiger partial charge in [0.15, 0.2) is 0 Å². The van der Waals surface area contributed by atoms with Gasteiger partial charge in [-0.3, -0.25) is 28.8 Å². The van der Waals surface area contributed by atoms with Crippen LogP contribution >= 0.6 is 0 Å². The Morgan fingerprint density at radius 1 is 0.586 bits per heavy atom. The second kappa shape index (κ2) is 19.4. The molecule has 0 aromatic rings. The average molecular weight is 455 g/mol. The summed E-state index contributed by atoms with van der Waals surface area (Å²) in [7, 11) is 0. The molecule has 3 N–H and O–H groups in total. The van der Waals surface area contributed by atoms with Crippen LogP contribution in [-0.4, -0.2) is 56.7 Å². The molecule has 0 aliphatic heterocycles. The fourth-order valence-electron chi connectivity index (χ4n) is 0.522. The molecule has 0 aliphatic carbocycles. The number of hydrogen-bond donors (Lipinski definition) is 3. The summed E-state index contributed by atoms with van der Waals surface area (Å²) in [6.45, 7) is 11.9. The molecule has 0 rings (SSSR count). The number of carbonyl (C=O) groups is 6. The van der Waals surface area contributed by atoms with Gasteiger partial charge in [0.05, 0.1) is 0 Å². The zero-order valence-electron chi connectivity index (χ0n) is 18.0. The van der Waals surface area contributed by atoms with Crippen LogP contribution < -0.4 is 0 Å². The molecule has 167 valence electrons. The van der Waals surface area contributed by atoms with Gasteiger partial charge >= 0.3 is 62.0 Å². The van der Waals surface area contributed by atoms with Crippen molar-refractivity contribution < 1.29 is 68.2 Å². The summed E-state index contributed by atoms with van der Waals surface area (Å²) in [4.78, 5) is 60.4. The monoisotopic (exact) mass is 455 g/mol. The first-order chi connectivity index (χ1) is 12.9. The predicted octanol–water partition coefficient (Wildman–Crippen LogP) is 1.76. The van der Waals surface area contributed by atoms with Gasteiger partial charge in [0.25, 0.3) is 0 Å². The van der Waals surface area contributed by atoms with Crippen LogP contribution in [0.1, 0.15) is 55.4 Å². The van der Waals surface area contributed by atoms with Crippen molar-refractivity contribution in [1.82, 2.24) is 0 Å². The first kappa shape index (κ1) is 34.6. The van der Waals surface area contributed by atoms with E-state index in [1.165, 1.54) is 41.5 Å². The van der Waals surface area contributed by atoms with Crippen molar-refractivity contribution in [2.45, 2.75) is 61.5 Å². The molecular formula is C18H31O10Ti. The number of Topliss-reactive ketones (excluding diaryl/α,β-unsaturated/α-hetero) is 3. The van der Waals surface area contributed by atoms with Crippen LogP contribution in [0.25, 0.3) is 0 Å². The van der Waals surface area contributed by atoms with Gasteiger partial charge in [0, 0.05) is 0 Å². The SMILES string of the molecule is CC(=O)C(C)C(=O)O.CC(=O)C(C)C(=O)O.CC(=O)C(C)C(=O)O.CC(C)[O][Ti]. The van der Waals surface area contributed by atoms with Gasteiger partial charge in [0.2, 0.25) is 0 Å². The van der Waals surface area contributed by atoms with Crippen LogP contribution in [0.3, 0.4) is 0 Å². The summed E-state index contributed by atoms with van der Waals surface area (Å²) in [5, 5.41) is 24.4. The zero-order valence-corrected chi connectivity index (χ0v) is 19.6. The molecule has 0 aromatic carbocycles. The number of hydrogen-bond acceptors (Lipinski definition) is 7. The second-order valence-electron chi connectivity index (χ2n) is 6.18. The Morgan fingerprint density at radius 2 is 0.724 bits per heavy atom. The van der Waals surface area contributed by atoms with Crippen LogP contribution in [0.4, 0.5) is 0 Å². The van der Waals surface area contributed by atoms with Crippen LogP contribution in [0, 0.1) is 17.8 Å². The molecular weight excluding hydrogens is 424 g/mol. The molecule has 10 nitrogen and oxygen atoms in total. The average Bonchev–Trinajstić information content (AvgIpc) is 2.60. The Kier molecular flexibility index (Phi) is 23.2. The molecule has 0 bridgehead atoms. The Hall–Kier alpha value is -1.91. The predicted molar refractivity (Wildman–Crippen MR) is 98.7 cm³/mol. The van der Waals surface area contributed by atoms with Crippen LogP contribution in [0.15, 0.2) is 0 Å². The first-order valence-corrected chi connectivity index (χ1v) is 9.09. The normalized spacial score (nSPS) is 12.1. The summed E-state index contributed by atoms with van der Waals surface area (Å²) < 4.78 is 4.75. The van der Waals surface area contributed by atoms with Crippen molar-refractivity contribution in [3.8, 4) is 0 Å². The summed E-state index contributed by atoms with van der Waals surface area (Å²) in [5.74, 6) is -6.65.